The number of nitrogens with zero attached hydrogens (tertiary/aromatic N) is 2. The SMILES string of the molecule is CC(C)(C)C1CCN(CCC(O)c2ccc(F)cn2)CC1. The van der Waals surface area contributed by atoms with Crippen LogP contribution in [0, 0.1) is 17.2 Å². The molecule has 1 unspecified atom stereocenters. The third-order valence-electron chi connectivity index (χ3n) is 4.62. The van der Waals surface area contributed by atoms with Gasteiger partial charge in [-0.05, 0) is 55.8 Å². The van der Waals surface area contributed by atoms with Gasteiger partial charge in [0.15, 0.2) is 0 Å². The second-order valence-corrected chi connectivity index (χ2v) is 7.19. The van der Waals surface area contributed by atoms with Gasteiger partial charge in [0.05, 0.1) is 18.0 Å². The Hall–Kier alpha value is -1.00. The van der Waals surface area contributed by atoms with E-state index in [0.29, 0.717) is 17.5 Å². The van der Waals surface area contributed by atoms with E-state index in [0.717, 1.165) is 31.7 Å². The van der Waals surface area contributed by atoms with Crippen LogP contribution in [-0.2, 0) is 0 Å². The molecule has 4 heteroatoms. The quantitative estimate of drug-likeness (QED) is 0.924. The molecule has 2 heterocycles. The number of hydrogen-bond donors (Lipinski definition) is 1. The van der Waals surface area contributed by atoms with Gasteiger partial charge in [-0.2, -0.15) is 0 Å². The normalized spacial score (nSPS) is 19.7. The van der Waals surface area contributed by atoms with E-state index in [4.69, 9.17) is 0 Å². The highest BCUT2D eigenvalue weighted by molar-refractivity contribution is 5.07. The number of likely N-dealkylation sites (tertiary alicyclic amines) is 1. The van der Waals surface area contributed by atoms with Gasteiger partial charge in [-0.15, -0.1) is 0 Å². The van der Waals surface area contributed by atoms with Crippen LogP contribution in [0.3, 0.4) is 0 Å². The Balaban J connectivity index is 1.76. The van der Waals surface area contributed by atoms with Gasteiger partial charge < -0.3 is 10.0 Å². The van der Waals surface area contributed by atoms with Crippen molar-refractivity contribution in [3.8, 4) is 0 Å². The molecule has 118 valence electrons. The first-order chi connectivity index (χ1) is 9.86. The Kier molecular flexibility index (Phi) is 5.33. The molecule has 1 aliphatic rings. The zero-order valence-corrected chi connectivity index (χ0v) is 13.3. The largest absolute Gasteiger partial charge is 0.387 e. The fourth-order valence-electron chi connectivity index (χ4n) is 3.06. The third-order valence-corrected chi connectivity index (χ3v) is 4.62. The smallest absolute Gasteiger partial charge is 0.141 e. The van der Waals surface area contributed by atoms with Crippen LogP contribution in [0.2, 0.25) is 0 Å². The molecule has 0 aromatic carbocycles. The van der Waals surface area contributed by atoms with Gasteiger partial charge in [0.25, 0.3) is 0 Å². The zero-order valence-electron chi connectivity index (χ0n) is 13.3. The minimum absolute atomic E-state index is 0.366. The summed E-state index contributed by atoms with van der Waals surface area (Å²) < 4.78 is 12.8. The van der Waals surface area contributed by atoms with E-state index in [2.05, 4.69) is 30.7 Å². The van der Waals surface area contributed by atoms with Crippen molar-refractivity contribution in [3.05, 3.63) is 29.8 Å². The van der Waals surface area contributed by atoms with Gasteiger partial charge in [0.2, 0.25) is 0 Å². The van der Waals surface area contributed by atoms with Crippen LogP contribution >= 0.6 is 0 Å². The first-order valence-electron chi connectivity index (χ1n) is 7.88. The molecule has 1 N–H and O–H groups in total. The molecule has 0 saturated carbocycles. The Morgan fingerprint density at radius 2 is 2.00 bits per heavy atom. The Morgan fingerprint density at radius 1 is 1.33 bits per heavy atom. The van der Waals surface area contributed by atoms with E-state index in [1.807, 2.05) is 0 Å². The van der Waals surface area contributed by atoms with Crippen molar-refractivity contribution in [2.75, 3.05) is 19.6 Å². The highest BCUT2D eigenvalue weighted by atomic mass is 19.1. The Bertz CT molecular complexity index is 433. The molecule has 1 fully saturated rings. The molecule has 1 saturated heterocycles. The molecule has 2 rings (SSSR count). The third kappa shape index (κ3) is 4.75. The molecule has 0 spiro atoms. The molecule has 1 aliphatic heterocycles. The summed E-state index contributed by atoms with van der Waals surface area (Å²) in [4.78, 5) is 6.35. The molecule has 0 bridgehead atoms. The number of rotatable bonds is 4. The van der Waals surface area contributed by atoms with E-state index in [1.165, 1.54) is 18.9 Å². The maximum atomic E-state index is 12.8. The highest BCUT2D eigenvalue weighted by Crippen LogP contribution is 2.34. The fourth-order valence-corrected chi connectivity index (χ4v) is 3.06. The number of aliphatic hydroxyl groups is 1. The van der Waals surface area contributed by atoms with Crippen molar-refractivity contribution >= 4 is 0 Å². The van der Waals surface area contributed by atoms with Crippen molar-refractivity contribution in [2.24, 2.45) is 11.3 Å². The summed E-state index contributed by atoms with van der Waals surface area (Å²) in [7, 11) is 0. The van der Waals surface area contributed by atoms with Crippen molar-refractivity contribution in [1.82, 2.24) is 9.88 Å². The van der Waals surface area contributed by atoms with Gasteiger partial charge in [-0.3, -0.25) is 4.98 Å². The van der Waals surface area contributed by atoms with Crippen LogP contribution in [0.5, 0.6) is 0 Å². The molecule has 3 nitrogen and oxygen atoms in total. The topological polar surface area (TPSA) is 36.4 Å². The summed E-state index contributed by atoms with van der Waals surface area (Å²) in [6, 6.07) is 2.91. The molecule has 1 aromatic heterocycles. The average Bonchev–Trinajstić information content (AvgIpc) is 2.45. The molecule has 21 heavy (non-hydrogen) atoms. The number of pyridine rings is 1. The van der Waals surface area contributed by atoms with Crippen molar-refractivity contribution in [2.45, 2.75) is 46.1 Å². The van der Waals surface area contributed by atoms with E-state index in [1.54, 1.807) is 6.07 Å². The molecule has 0 amide bonds. The van der Waals surface area contributed by atoms with Crippen LogP contribution in [-0.4, -0.2) is 34.6 Å². The van der Waals surface area contributed by atoms with E-state index in [-0.39, 0.29) is 5.82 Å². The molecule has 0 aliphatic carbocycles. The zero-order chi connectivity index (χ0) is 15.5. The van der Waals surface area contributed by atoms with Crippen molar-refractivity contribution in [1.29, 1.82) is 0 Å². The summed E-state index contributed by atoms with van der Waals surface area (Å²) >= 11 is 0. The lowest BCUT2D eigenvalue weighted by atomic mass is 9.75. The van der Waals surface area contributed by atoms with Gasteiger partial charge in [0, 0.05) is 6.54 Å². The van der Waals surface area contributed by atoms with Gasteiger partial charge in [-0.25, -0.2) is 4.39 Å². The lowest BCUT2D eigenvalue weighted by Crippen LogP contribution is -2.38. The summed E-state index contributed by atoms with van der Waals surface area (Å²) in [5.74, 6) is 0.424. The first kappa shape index (κ1) is 16.4. The monoisotopic (exact) mass is 294 g/mol. The molecule has 0 radical (unpaired) electrons. The van der Waals surface area contributed by atoms with Crippen LogP contribution in [0.4, 0.5) is 4.39 Å². The van der Waals surface area contributed by atoms with Crippen molar-refractivity contribution in [3.63, 3.8) is 0 Å². The maximum absolute atomic E-state index is 12.8. The predicted octanol–water partition coefficient (Wildman–Crippen LogP) is 3.40. The molecule has 1 atom stereocenters. The van der Waals surface area contributed by atoms with E-state index in [9.17, 15) is 9.50 Å². The number of aliphatic hydroxyl groups excluding tert-OH is 1. The molecular weight excluding hydrogens is 267 g/mol. The predicted molar refractivity (Wildman–Crippen MR) is 82.4 cm³/mol. The number of hydrogen-bond acceptors (Lipinski definition) is 3. The van der Waals surface area contributed by atoms with Gasteiger partial charge in [-0.1, -0.05) is 20.8 Å². The highest BCUT2D eigenvalue weighted by Gasteiger charge is 2.28. The lowest BCUT2D eigenvalue weighted by Gasteiger charge is -2.39. The summed E-state index contributed by atoms with van der Waals surface area (Å²) in [5.41, 5.74) is 0.949. The fraction of sp³-hybridized carbons (Fsp3) is 0.706. The number of aromatic nitrogens is 1. The van der Waals surface area contributed by atoms with Crippen LogP contribution < -0.4 is 0 Å². The standard InChI is InChI=1S/C17H27FN2O/c1-17(2,3)13-6-9-20(10-7-13)11-8-16(21)15-5-4-14(18)12-19-15/h4-5,12-13,16,21H,6-11H2,1-3H3. The van der Waals surface area contributed by atoms with Crippen LogP contribution in [0.25, 0.3) is 0 Å². The molecule has 1 aromatic rings. The van der Waals surface area contributed by atoms with Crippen LogP contribution in [0.1, 0.15) is 51.8 Å². The van der Waals surface area contributed by atoms with Crippen LogP contribution in [0.15, 0.2) is 18.3 Å². The summed E-state index contributed by atoms with van der Waals surface area (Å²) in [6.45, 7) is 10.0. The average molecular weight is 294 g/mol. The van der Waals surface area contributed by atoms with Crippen molar-refractivity contribution < 1.29 is 9.50 Å². The van der Waals surface area contributed by atoms with Gasteiger partial charge >= 0.3 is 0 Å². The summed E-state index contributed by atoms with van der Waals surface area (Å²) in [5, 5.41) is 10.1. The first-order valence-corrected chi connectivity index (χ1v) is 7.88. The minimum Gasteiger partial charge on any atom is -0.387 e. The second-order valence-electron chi connectivity index (χ2n) is 7.19. The maximum Gasteiger partial charge on any atom is 0.141 e. The summed E-state index contributed by atoms with van der Waals surface area (Å²) in [6.07, 6.45) is 3.67. The van der Waals surface area contributed by atoms with E-state index < -0.39 is 6.10 Å². The van der Waals surface area contributed by atoms with Gasteiger partial charge in [0.1, 0.15) is 5.82 Å². The van der Waals surface area contributed by atoms with E-state index >= 15 is 0 Å². The Morgan fingerprint density at radius 3 is 2.52 bits per heavy atom. The minimum atomic E-state index is -0.606. The number of piperidine rings is 1. The number of halogens is 1. The Labute approximate surface area is 127 Å². The second kappa shape index (κ2) is 6.84. The molecular formula is C17H27FN2O. The lowest BCUT2D eigenvalue weighted by molar-refractivity contribution is 0.0904.